The average molecular weight is 343 g/mol. The fourth-order valence-electron chi connectivity index (χ4n) is 3.00. The molecule has 3 rings (SSSR count). The lowest BCUT2D eigenvalue weighted by atomic mass is 10.2. The van der Waals surface area contributed by atoms with Crippen molar-refractivity contribution in [1.82, 2.24) is 20.2 Å². The van der Waals surface area contributed by atoms with E-state index in [0.717, 1.165) is 18.9 Å². The van der Waals surface area contributed by atoms with E-state index in [1.165, 1.54) is 12.8 Å². The third kappa shape index (κ3) is 3.60. The van der Waals surface area contributed by atoms with Crippen molar-refractivity contribution in [1.29, 1.82) is 0 Å². The van der Waals surface area contributed by atoms with Crippen LogP contribution < -0.4 is 10.9 Å². The van der Waals surface area contributed by atoms with Gasteiger partial charge in [0.15, 0.2) is 0 Å². The van der Waals surface area contributed by atoms with Gasteiger partial charge in [0.2, 0.25) is 0 Å². The van der Waals surface area contributed by atoms with Crippen LogP contribution in [-0.2, 0) is 6.54 Å². The summed E-state index contributed by atoms with van der Waals surface area (Å²) < 4.78 is 0. The van der Waals surface area contributed by atoms with Crippen LogP contribution in [0, 0.1) is 0 Å². The quantitative estimate of drug-likeness (QED) is 0.893. The van der Waals surface area contributed by atoms with Crippen molar-refractivity contribution in [2.75, 3.05) is 20.1 Å². The van der Waals surface area contributed by atoms with E-state index in [-0.39, 0.29) is 18.0 Å². The molecule has 5 nitrogen and oxygen atoms in total. The minimum Gasteiger partial charge on any atom is -0.318 e. The zero-order valence-corrected chi connectivity index (χ0v) is 14.0. The lowest BCUT2D eigenvalue weighted by Gasteiger charge is -2.23. The Morgan fingerprint density at radius 2 is 2.32 bits per heavy atom. The van der Waals surface area contributed by atoms with Crippen molar-refractivity contribution in [3.05, 3.63) is 39.4 Å². The molecule has 0 bridgehead atoms. The van der Waals surface area contributed by atoms with Crippen LogP contribution in [0.3, 0.4) is 0 Å². The molecule has 7 heteroatoms. The summed E-state index contributed by atoms with van der Waals surface area (Å²) in [5.41, 5.74) is 0.573. The number of halogens is 2. The van der Waals surface area contributed by atoms with Gasteiger partial charge in [0.25, 0.3) is 5.56 Å². The van der Waals surface area contributed by atoms with E-state index < -0.39 is 0 Å². The predicted molar refractivity (Wildman–Crippen MR) is 92.0 cm³/mol. The third-order valence-electron chi connectivity index (χ3n) is 4.01. The van der Waals surface area contributed by atoms with E-state index in [0.29, 0.717) is 28.5 Å². The number of aromatic amines is 1. The third-order valence-corrected chi connectivity index (χ3v) is 4.24. The number of H-pyrrole nitrogens is 1. The standard InChI is InChI=1S/C15H19ClN4O.ClH/c1-17-8-11-3-2-6-20(11)9-14-18-13-5-4-10(16)7-12(13)15(21)19-14;/h4-5,7,11,17H,2-3,6,8-9H2,1H3,(H,18,19,21);1H. The van der Waals surface area contributed by atoms with Gasteiger partial charge in [0, 0.05) is 17.6 Å². The van der Waals surface area contributed by atoms with Crippen LogP contribution >= 0.6 is 24.0 Å². The minimum atomic E-state index is -0.123. The molecular weight excluding hydrogens is 323 g/mol. The number of benzene rings is 1. The zero-order chi connectivity index (χ0) is 14.8. The monoisotopic (exact) mass is 342 g/mol. The van der Waals surface area contributed by atoms with Gasteiger partial charge >= 0.3 is 0 Å². The van der Waals surface area contributed by atoms with Crippen LogP contribution in [0.25, 0.3) is 10.9 Å². The molecule has 0 spiro atoms. The summed E-state index contributed by atoms with van der Waals surface area (Å²) in [7, 11) is 1.97. The van der Waals surface area contributed by atoms with Gasteiger partial charge in [0.1, 0.15) is 5.82 Å². The number of likely N-dealkylation sites (N-methyl/N-ethyl adjacent to an activating group) is 1. The SMILES string of the molecule is CNCC1CCCN1Cc1nc2ccc(Cl)cc2c(=O)[nH]1.Cl. The number of likely N-dealkylation sites (tertiary alicyclic amines) is 1. The van der Waals surface area contributed by atoms with E-state index >= 15 is 0 Å². The number of aromatic nitrogens is 2. The van der Waals surface area contributed by atoms with Crippen LogP contribution in [0.1, 0.15) is 18.7 Å². The first-order valence-corrected chi connectivity index (χ1v) is 7.62. The Bertz CT molecular complexity index is 703. The summed E-state index contributed by atoms with van der Waals surface area (Å²) in [6, 6.07) is 5.73. The number of nitrogens with zero attached hydrogens (tertiary/aromatic N) is 2. The molecule has 0 aliphatic carbocycles. The van der Waals surface area contributed by atoms with Crippen molar-refractivity contribution in [2.24, 2.45) is 0 Å². The van der Waals surface area contributed by atoms with Gasteiger partial charge in [-0.25, -0.2) is 4.98 Å². The van der Waals surface area contributed by atoms with Gasteiger partial charge in [0.05, 0.1) is 17.4 Å². The molecule has 1 aliphatic rings. The number of rotatable bonds is 4. The van der Waals surface area contributed by atoms with Crippen molar-refractivity contribution in [3.63, 3.8) is 0 Å². The van der Waals surface area contributed by atoms with Crippen molar-refractivity contribution >= 4 is 34.9 Å². The Morgan fingerprint density at radius 3 is 3.09 bits per heavy atom. The highest BCUT2D eigenvalue weighted by molar-refractivity contribution is 6.31. The summed E-state index contributed by atoms with van der Waals surface area (Å²) in [5.74, 6) is 0.720. The molecule has 1 atom stereocenters. The van der Waals surface area contributed by atoms with Crippen LogP contribution in [0.15, 0.2) is 23.0 Å². The van der Waals surface area contributed by atoms with Crippen molar-refractivity contribution < 1.29 is 0 Å². The predicted octanol–water partition coefficient (Wildman–Crippen LogP) is 2.18. The maximum absolute atomic E-state index is 12.1. The van der Waals surface area contributed by atoms with Crippen molar-refractivity contribution in [3.8, 4) is 0 Å². The maximum atomic E-state index is 12.1. The Balaban J connectivity index is 0.00000176. The molecule has 2 N–H and O–H groups in total. The van der Waals surface area contributed by atoms with E-state index in [1.54, 1.807) is 18.2 Å². The Morgan fingerprint density at radius 1 is 1.50 bits per heavy atom. The second-order valence-electron chi connectivity index (χ2n) is 5.50. The second-order valence-corrected chi connectivity index (χ2v) is 5.93. The summed E-state index contributed by atoms with van der Waals surface area (Å²) in [5, 5.41) is 4.32. The maximum Gasteiger partial charge on any atom is 0.258 e. The topological polar surface area (TPSA) is 61.0 Å². The molecule has 2 aromatic rings. The fraction of sp³-hybridized carbons (Fsp3) is 0.467. The Labute approximate surface area is 140 Å². The molecule has 2 heterocycles. The highest BCUT2D eigenvalue weighted by Gasteiger charge is 2.24. The number of fused-ring (bicyclic) bond motifs is 1. The highest BCUT2D eigenvalue weighted by atomic mass is 35.5. The average Bonchev–Trinajstić information content (AvgIpc) is 2.88. The molecule has 0 amide bonds. The summed E-state index contributed by atoms with van der Waals surface area (Å²) >= 11 is 5.93. The summed E-state index contributed by atoms with van der Waals surface area (Å²) in [6.45, 7) is 2.70. The van der Waals surface area contributed by atoms with Gasteiger partial charge in [-0.1, -0.05) is 11.6 Å². The van der Waals surface area contributed by atoms with Gasteiger partial charge < -0.3 is 10.3 Å². The van der Waals surface area contributed by atoms with Gasteiger partial charge in [-0.15, -0.1) is 12.4 Å². The van der Waals surface area contributed by atoms with E-state index in [9.17, 15) is 4.79 Å². The van der Waals surface area contributed by atoms with Gasteiger partial charge in [-0.05, 0) is 44.6 Å². The van der Waals surface area contributed by atoms with Crippen LogP contribution in [0.4, 0.5) is 0 Å². The highest BCUT2D eigenvalue weighted by Crippen LogP contribution is 2.19. The number of hydrogen-bond acceptors (Lipinski definition) is 4. The molecule has 1 aromatic heterocycles. The number of nitrogens with one attached hydrogen (secondary N) is 2. The number of hydrogen-bond donors (Lipinski definition) is 2. The molecule has 120 valence electrons. The second kappa shape index (κ2) is 7.42. The first-order valence-electron chi connectivity index (χ1n) is 7.24. The van der Waals surface area contributed by atoms with Crippen molar-refractivity contribution in [2.45, 2.75) is 25.4 Å². The molecule has 0 saturated carbocycles. The van der Waals surface area contributed by atoms with Gasteiger partial charge in [-0.2, -0.15) is 0 Å². The van der Waals surface area contributed by atoms with Crippen LogP contribution in [-0.4, -0.2) is 41.0 Å². The molecule has 1 unspecified atom stereocenters. The van der Waals surface area contributed by atoms with E-state index in [4.69, 9.17) is 11.6 Å². The Kier molecular flexibility index (Phi) is 5.81. The molecule has 1 aliphatic heterocycles. The molecule has 1 saturated heterocycles. The molecular formula is C15H20Cl2N4O. The van der Waals surface area contributed by atoms with Crippen LogP contribution in [0.2, 0.25) is 5.02 Å². The van der Waals surface area contributed by atoms with Crippen LogP contribution in [0.5, 0.6) is 0 Å². The Hall–Kier alpha value is -1.14. The van der Waals surface area contributed by atoms with E-state index in [2.05, 4.69) is 20.2 Å². The smallest absolute Gasteiger partial charge is 0.258 e. The summed E-state index contributed by atoms with van der Waals surface area (Å²) in [6.07, 6.45) is 2.38. The lowest BCUT2D eigenvalue weighted by molar-refractivity contribution is 0.236. The van der Waals surface area contributed by atoms with Gasteiger partial charge in [-0.3, -0.25) is 9.69 Å². The first-order chi connectivity index (χ1) is 10.2. The first kappa shape index (κ1) is 17.2. The molecule has 1 fully saturated rings. The summed E-state index contributed by atoms with van der Waals surface area (Å²) in [4.78, 5) is 22.0. The molecule has 0 radical (unpaired) electrons. The van der Waals surface area contributed by atoms with E-state index in [1.807, 2.05) is 7.05 Å². The zero-order valence-electron chi connectivity index (χ0n) is 12.4. The largest absolute Gasteiger partial charge is 0.318 e. The molecule has 1 aromatic carbocycles. The normalized spacial score (nSPS) is 18.5. The molecule has 22 heavy (non-hydrogen) atoms. The minimum absolute atomic E-state index is 0. The fourth-order valence-corrected chi connectivity index (χ4v) is 3.17. The lowest BCUT2D eigenvalue weighted by Crippen LogP contribution is -2.37.